The van der Waals surface area contributed by atoms with Crippen LogP contribution in [0.5, 0.6) is 0 Å². The highest BCUT2D eigenvalue weighted by Gasteiger charge is 2.47. The van der Waals surface area contributed by atoms with E-state index in [0.29, 0.717) is 0 Å². The number of aryl methyl sites for hydroxylation is 1. The van der Waals surface area contributed by atoms with Gasteiger partial charge in [-0.15, -0.1) is 22.7 Å². The van der Waals surface area contributed by atoms with Crippen molar-refractivity contribution in [3.63, 3.8) is 0 Å². The molecule has 0 fully saturated rings. The summed E-state index contributed by atoms with van der Waals surface area (Å²) in [6, 6.07) is 137. The van der Waals surface area contributed by atoms with Gasteiger partial charge < -0.3 is 18.6 Å². The van der Waals surface area contributed by atoms with Gasteiger partial charge in [0, 0.05) is 111 Å². The van der Waals surface area contributed by atoms with Gasteiger partial charge in [0.05, 0.1) is 11.4 Å². The van der Waals surface area contributed by atoms with Crippen molar-refractivity contribution in [1.82, 2.24) is 0 Å². The fraction of sp³-hybridized carbons (Fsp3) is 0.107. The van der Waals surface area contributed by atoms with E-state index in [1.165, 1.54) is 51.5 Å². The number of hydrogen-bond acceptors (Lipinski definition) is 6. The third-order valence-corrected chi connectivity index (χ3v) is 29.2. The van der Waals surface area contributed by atoms with Gasteiger partial charge in [0.2, 0.25) is 0 Å². The van der Waals surface area contributed by atoms with E-state index in [0.717, 1.165) is 200 Å². The highest BCUT2D eigenvalue weighted by Crippen LogP contribution is 2.60. The fourth-order valence-corrected chi connectivity index (χ4v) is 23.0. The Hall–Kier alpha value is -14.3. The van der Waals surface area contributed by atoms with E-state index < -0.39 is 19.0 Å². The molecule has 0 N–H and O–H groups in total. The van der Waals surface area contributed by atoms with Crippen LogP contribution >= 0.6 is 22.7 Å². The molecule has 0 unspecified atom stereocenters. The lowest BCUT2D eigenvalue weighted by Crippen LogP contribution is -2.61. The highest BCUT2D eigenvalue weighted by molar-refractivity contribution is 7.26. The molecule has 128 heavy (non-hydrogen) atoms. The van der Waals surface area contributed by atoms with Crippen molar-refractivity contribution in [2.75, 3.05) is 9.80 Å². The van der Waals surface area contributed by atoms with Crippen LogP contribution in [-0.2, 0) is 16.2 Å². The first-order valence-electron chi connectivity index (χ1n) is 46.0. The largest absolute Gasteiger partial charge is 0.456 e. The molecular formula is C121H91BN2O2S2. The van der Waals surface area contributed by atoms with Crippen molar-refractivity contribution in [1.29, 1.82) is 0 Å². The van der Waals surface area contributed by atoms with Crippen LogP contribution in [0.4, 0.5) is 34.1 Å². The molecule has 0 bridgehead atoms. The summed E-state index contributed by atoms with van der Waals surface area (Å²) in [5.41, 5.74) is 33.7. The minimum atomic E-state index is -2.44. The lowest BCUT2D eigenvalue weighted by Gasteiger charge is -2.46. The van der Waals surface area contributed by atoms with Gasteiger partial charge in [-0.3, -0.25) is 0 Å². The molecule has 4 nitrogen and oxygen atoms in total. The van der Waals surface area contributed by atoms with E-state index in [4.69, 9.17) is 8.83 Å². The summed E-state index contributed by atoms with van der Waals surface area (Å²) in [7, 11) is 0. The Morgan fingerprint density at radius 2 is 0.617 bits per heavy atom. The number of thiophene rings is 2. The number of hydrogen-bond donors (Lipinski definition) is 0. The van der Waals surface area contributed by atoms with E-state index in [-0.39, 0.29) is 16.4 Å². The monoisotopic (exact) mass is 1680 g/mol. The highest BCUT2D eigenvalue weighted by atomic mass is 32.1. The van der Waals surface area contributed by atoms with Gasteiger partial charge in [-0.25, -0.2) is 0 Å². The third-order valence-electron chi connectivity index (χ3n) is 27.0. The van der Waals surface area contributed by atoms with Crippen LogP contribution in [0.2, 0.25) is 0 Å². The average molecular weight is 1680 g/mol. The number of benzene rings is 18. The van der Waals surface area contributed by atoms with Crippen LogP contribution in [0.3, 0.4) is 0 Å². The van der Waals surface area contributed by atoms with Crippen molar-refractivity contribution < 1.29 is 12.9 Å². The Kier molecular flexibility index (Phi) is 17.0. The number of para-hydroxylation sites is 2. The van der Waals surface area contributed by atoms with E-state index in [2.05, 4.69) is 412 Å². The zero-order valence-electron chi connectivity index (χ0n) is 75.8. The molecule has 6 heterocycles. The molecule has 0 radical (unpaired) electrons. The first kappa shape index (κ1) is 74.0. The van der Waals surface area contributed by atoms with Gasteiger partial charge in [-0.2, -0.15) is 0 Å². The summed E-state index contributed by atoms with van der Waals surface area (Å²) >= 11 is 3.70. The maximum absolute atomic E-state index is 9.30. The molecule has 4 aromatic heterocycles. The summed E-state index contributed by atoms with van der Waals surface area (Å²) in [5.74, 6) is 0. The average Bonchev–Trinajstić information content (AvgIpc) is 1.42. The summed E-state index contributed by atoms with van der Waals surface area (Å²) in [6.07, 6.45) is 0. The predicted molar refractivity (Wildman–Crippen MR) is 551 cm³/mol. The van der Waals surface area contributed by atoms with Crippen molar-refractivity contribution in [3.8, 4) is 100 Å². The topological polar surface area (TPSA) is 32.8 Å². The van der Waals surface area contributed by atoms with Crippen molar-refractivity contribution in [3.05, 3.63) is 392 Å². The molecule has 18 aromatic carbocycles. The normalized spacial score (nSPS) is 13.3. The molecule has 0 spiro atoms. The third kappa shape index (κ3) is 12.6. The molecule has 7 heteroatoms. The first-order chi connectivity index (χ1) is 63.5. The molecule has 24 rings (SSSR count). The predicted octanol–water partition coefficient (Wildman–Crippen LogP) is 33.5. The summed E-state index contributed by atoms with van der Waals surface area (Å²) in [4.78, 5) is 5.44. The van der Waals surface area contributed by atoms with E-state index in [9.17, 15) is 4.11 Å². The smallest absolute Gasteiger partial charge is 0.252 e. The van der Waals surface area contributed by atoms with E-state index in [1.807, 2.05) is 53.0 Å². The lowest BCUT2D eigenvalue weighted by atomic mass is 9.33. The van der Waals surface area contributed by atoms with E-state index in [1.54, 1.807) is 0 Å². The fourth-order valence-electron chi connectivity index (χ4n) is 20.7. The number of furan rings is 2. The number of nitrogens with zero attached hydrogens (tertiary/aromatic N) is 2. The maximum Gasteiger partial charge on any atom is 0.252 e. The van der Waals surface area contributed by atoms with Crippen LogP contribution in [0.15, 0.2) is 379 Å². The van der Waals surface area contributed by atoms with Crippen LogP contribution in [-0.4, -0.2) is 6.71 Å². The molecule has 612 valence electrons. The standard InChI is InChI=1S/C121H91BN2O2S2/c1-72-58-77(73-32-14-11-15-33-73)60-78(59-72)76-54-57-100-99(64-76)122-98-56-55-83(119(2,3)4)71-101(98)124(118-94(86-42-28-48-106-112(86)90-38-20-24-46-104(90)125-106)67-84(120(5,6)7)68-95(118)87-43-29-49-107-113(87)91-39-21-25-47-105(91)126-107)103-66-82(81-62-79(74-34-16-12-17-35-74)61-80(63-81)75-36-18-13-19-37-75)65-102(116(103)122)123(100)117-96(88-44-30-52-110-114(88)92-40-22-26-50-108(92)127-110)69-85(121(8,9)10)70-97(117)89-45-31-53-111-115(89)93-41-23-27-51-109(93)128-111/h11-71H,1-10H3/i1D3. The van der Waals surface area contributed by atoms with Crippen molar-refractivity contribution in [2.45, 2.75) is 85.4 Å². The Balaban J connectivity index is 0.933. The quantitative estimate of drug-likeness (QED) is 0.121. The van der Waals surface area contributed by atoms with Gasteiger partial charge >= 0.3 is 0 Å². The second-order valence-corrected chi connectivity index (χ2v) is 40.1. The molecule has 0 aliphatic carbocycles. The maximum atomic E-state index is 9.30. The molecule has 0 amide bonds. The molecule has 2 aliphatic rings. The molecule has 0 saturated heterocycles. The van der Waals surface area contributed by atoms with Gasteiger partial charge in [0.1, 0.15) is 22.3 Å². The van der Waals surface area contributed by atoms with Crippen LogP contribution < -0.4 is 26.2 Å². The Morgan fingerprint density at radius 1 is 0.250 bits per heavy atom. The van der Waals surface area contributed by atoms with Crippen LogP contribution in [0.25, 0.3) is 184 Å². The lowest BCUT2D eigenvalue weighted by molar-refractivity contribution is 0.590. The van der Waals surface area contributed by atoms with E-state index >= 15 is 0 Å². The summed E-state index contributed by atoms with van der Waals surface area (Å²) in [5, 5.41) is 8.93. The van der Waals surface area contributed by atoms with Crippen molar-refractivity contribution >= 4 is 164 Å². The second kappa shape index (κ2) is 29.4. The van der Waals surface area contributed by atoms with Crippen molar-refractivity contribution in [2.24, 2.45) is 0 Å². The molecular weight excluding hydrogens is 1590 g/mol. The number of anilines is 6. The first-order valence-corrected chi connectivity index (χ1v) is 46.1. The zero-order chi connectivity index (χ0) is 88.8. The SMILES string of the molecule is [2H]C([2H])([2H])c1cc(-c2ccccc2)cc(-c2ccc3c(c2)B2c4ccc(C(C)(C)C)cc4N(c4c(-c5cccc6oc7ccccc7c56)cc(C(C)(C)C)cc4-c4cccc5oc6ccccc6c45)c4cc(-c5cc(-c6ccccc6)cc(-c6ccccc6)c5)cc(c42)N3c2c(-c3cccc4sc5ccccc5c34)cc(C(C)(C)C)cc2-c2cccc3sc4ccccc4c23)c1. The van der Waals surface area contributed by atoms with Gasteiger partial charge in [-0.05, 0) is 261 Å². The zero-order valence-corrected chi connectivity index (χ0v) is 74.5. The van der Waals surface area contributed by atoms with Gasteiger partial charge in [-0.1, -0.05) is 311 Å². The Labute approximate surface area is 759 Å². The van der Waals surface area contributed by atoms with Crippen LogP contribution in [0.1, 0.15) is 88.7 Å². The molecule has 22 aromatic rings. The Morgan fingerprint density at radius 3 is 1.07 bits per heavy atom. The second-order valence-electron chi connectivity index (χ2n) is 38.0. The minimum absolute atomic E-state index is 0.272. The molecule has 0 atom stereocenters. The molecule has 0 saturated carbocycles. The summed E-state index contributed by atoms with van der Waals surface area (Å²) < 4.78 is 46.9. The number of fused-ring (bicyclic) bond motifs is 16. The molecule has 2 aliphatic heterocycles. The van der Waals surface area contributed by atoms with Gasteiger partial charge in [0.25, 0.3) is 6.71 Å². The summed E-state index contributed by atoms with van der Waals surface area (Å²) in [6.45, 7) is 18.3. The Bertz CT molecular complexity index is 8160. The minimum Gasteiger partial charge on any atom is -0.456 e. The van der Waals surface area contributed by atoms with Crippen LogP contribution in [0, 0.1) is 6.85 Å². The van der Waals surface area contributed by atoms with Gasteiger partial charge in [0.15, 0.2) is 0 Å². The number of rotatable bonds is 11.